The summed E-state index contributed by atoms with van der Waals surface area (Å²) in [5.41, 5.74) is 1.92. The Bertz CT molecular complexity index is 998. The van der Waals surface area contributed by atoms with Crippen LogP contribution in [-0.4, -0.2) is 16.7 Å². The zero-order valence-electron chi connectivity index (χ0n) is 14.1. The van der Waals surface area contributed by atoms with Crippen molar-refractivity contribution in [3.05, 3.63) is 68.3 Å². The molecule has 3 nitrogen and oxygen atoms in total. The Morgan fingerprint density at radius 2 is 2.19 bits per heavy atom. The van der Waals surface area contributed by atoms with Gasteiger partial charge in [0, 0.05) is 21.7 Å². The van der Waals surface area contributed by atoms with E-state index in [1.807, 2.05) is 24.5 Å². The van der Waals surface area contributed by atoms with Crippen LogP contribution in [0.15, 0.2) is 55.8 Å². The van der Waals surface area contributed by atoms with Crippen LogP contribution in [0.25, 0.3) is 17.0 Å². The van der Waals surface area contributed by atoms with E-state index in [4.69, 9.17) is 9.15 Å². The first-order valence-electron chi connectivity index (χ1n) is 7.65. The Labute approximate surface area is 166 Å². The number of halogens is 2. The molecule has 0 aliphatic rings. The molecule has 3 rings (SSSR count). The van der Waals surface area contributed by atoms with Crippen LogP contribution in [0.3, 0.4) is 0 Å². The number of fused-ring (bicyclic) bond motifs is 1. The first-order valence-corrected chi connectivity index (χ1v) is 11.2. The summed E-state index contributed by atoms with van der Waals surface area (Å²) in [6.07, 6.45) is 6.60. The van der Waals surface area contributed by atoms with Gasteiger partial charge in [0.15, 0.2) is 0 Å². The summed E-state index contributed by atoms with van der Waals surface area (Å²) in [5.74, 6) is -0.0226. The van der Waals surface area contributed by atoms with Crippen LogP contribution in [0, 0.1) is 5.82 Å². The van der Waals surface area contributed by atoms with E-state index in [1.165, 1.54) is 17.8 Å². The molecular formula is C19H16BrFO3S2. The normalized spacial score (nSPS) is 13.2. The third-order valence-corrected chi connectivity index (χ3v) is 6.66. The lowest BCUT2D eigenvalue weighted by molar-refractivity contribution is 0.303. The molecule has 3 aromatic rings. The van der Waals surface area contributed by atoms with E-state index in [1.54, 1.807) is 30.7 Å². The highest BCUT2D eigenvalue weighted by Crippen LogP contribution is 2.30. The molecule has 0 spiro atoms. The summed E-state index contributed by atoms with van der Waals surface area (Å²) >= 11 is 4.77. The SMILES string of the molecule is CS/C(=C\c1c(F)cccc1OCc1coc2ccc(Br)cc12)S(C)=O. The molecule has 0 bridgehead atoms. The van der Waals surface area contributed by atoms with Gasteiger partial charge in [0.1, 0.15) is 23.8 Å². The third kappa shape index (κ3) is 4.22. The van der Waals surface area contributed by atoms with Crippen LogP contribution < -0.4 is 4.74 Å². The summed E-state index contributed by atoms with van der Waals surface area (Å²) in [4.78, 5) is 0. The van der Waals surface area contributed by atoms with Gasteiger partial charge < -0.3 is 9.15 Å². The lowest BCUT2D eigenvalue weighted by Gasteiger charge is -2.10. The lowest BCUT2D eigenvalue weighted by atomic mass is 10.1. The zero-order chi connectivity index (χ0) is 18.7. The van der Waals surface area contributed by atoms with Crippen molar-refractivity contribution in [3.63, 3.8) is 0 Å². The molecule has 1 aromatic heterocycles. The van der Waals surface area contributed by atoms with Gasteiger partial charge in [-0.3, -0.25) is 4.21 Å². The second-order valence-corrected chi connectivity index (χ2v) is 8.83. The molecule has 0 amide bonds. The van der Waals surface area contributed by atoms with Crippen molar-refractivity contribution >= 4 is 55.5 Å². The minimum Gasteiger partial charge on any atom is -0.488 e. The predicted octanol–water partition coefficient (Wildman–Crippen LogP) is 5.95. The van der Waals surface area contributed by atoms with Crippen LogP contribution >= 0.6 is 27.7 Å². The fourth-order valence-corrected chi connectivity index (χ4v) is 4.30. The largest absolute Gasteiger partial charge is 0.488 e. The van der Waals surface area contributed by atoms with Gasteiger partial charge in [-0.1, -0.05) is 22.0 Å². The number of rotatable bonds is 6. The Morgan fingerprint density at radius 1 is 1.38 bits per heavy atom. The number of hydrogen-bond acceptors (Lipinski definition) is 4. The van der Waals surface area contributed by atoms with Gasteiger partial charge in [0.2, 0.25) is 0 Å². The highest BCUT2D eigenvalue weighted by molar-refractivity contribution is 9.10. The molecule has 1 atom stereocenters. The van der Waals surface area contributed by atoms with Gasteiger partial charge in [0.05, 0.1) is 26.9 Å². The molecule has 0 saturated carbocycles. The van der Waals surface area contributed by atoms with Crippen molar-refractivity contribution in [2.45, 2.75) is 6.61 Å². The Morgan fingerprint density at radius 3 is 2.92 bits per heavy atom. The molecule has 0 fully saturated rings. The molecule has 0 aliphatic heterocycles. The van der Waals surface area contributed by atoms with E-state index in [0.717, 1.165) is 21.0 Å². The molecule has 0 saturated heterocycles. The van der Waals surface area contributed by atoms with Gasteiger partial charge in [-0.2, -0.15) is 0 Å². The van der Waals surface area contributed by atoms with Gasteiger partial charge >= 0.3 is 0 Å². The quantitative estimate of drug-likeness (QED) is 0.460. The van der Waals surface area contributed by atoms with Crippen molar-refractivity contribution in [1.82, 2.24) is 0 Å². The maximum absolute atomic E-state index is 14.3. The topological polar surface area (TPSA) is 39.4 Å². The highest BCUT2D eigenvalue weighted by atomic mass is 79.9. The summed E-state index contributed by atoms with van der Waals surface area (Å²) in [5, 5.41) is 0.937. The molecule has 26 heavy (non-hydrogen) atoms. The first-order chi connectivity index (χ1) is 12.5. The molecule has 0 radical (unpaired) electrons. The van der Waals surface area contributed by atoms with Crippen molar-refractivity contribution in [3.8, 4) is 5.75 Å². The summed E-state index contributed by atoms with van der Waals surface area (Å²) in [7, 11) is -1.19. The van der Waals surface area contributed by atoms with Crippen molar-refractivity contribution in [2.75, 3.05) is 12.5 Å². The van der Waals surface area contributed by atoms with E-state index < -0.39 is 16.6 Å². The number of benzene rings is 2. The summed E-state index contributed by atoms with van der Waals surface area (Å²) in [6, 6.07) is 10.4. The van der Waals surface area contributed by atoms with Crippen LogP contribution in [0.2, 0.25) is 0 Å². The molecule has 7 heteroatoms. The van der Waals surface area contributed by atoms with Crippen LogP contribution in [0.1, 0.15) is 11.1 Å². The fraction of sp³-hybridized carbons (Fsp3) is 0.158. The number of hydrogen-bond donors (Lipinski definition) is 0. The predicted molar refractivity (Wildman–Crippen MR) is 110 cm³/mol. The molecule has 2 aromatic carbocycles. The van der Waals surface area contributed by atoms with Gasteiger partial charge in [0.25, 0.3) is 0 Å². The molecule has 136 valence electrons. The second-order valence-electron chi connectivity index (χ2n) is 5.46. The Hall–Kier alpha value is -1.57. The van der Waals surface area contributed by atoms with E-state index in [0.29, 0.717) is 15.6 Å². The maximum atomic E-state index is 14.3. The Kier molecular flexibility index (Phi) is 6.21. The number of thioether (sulfide) groups is 1. The van der Waals surface area contributed by atoms with Crippen LogP contribution in [0.4, 0.5) is 4.39 Å². The highest BCUT2D eigenvalue weighted by Gasteiger charge is 2.12. The van der Waals surface area contributed by atoms with E-state index in [2.05, 4.69) is 15.9 Å². The molecule has 1 unspecified atom stereocenters. The third-order valence-electron chi connectivity index (χ3n) is 3.76. The van der Waals surface area contributed by atoms with Gasteiger partial charge in [-0.05, 0) is 42.7 Å². The summed E-state index contributed by atoms with van der Waals surface area (Å²) < 4.78 is 39.0. The minimum absolute atomic E-state index is 0.234. The molecule has 0 aliphatic carbocycles. The van der Waals surface area contributed by atoms with Gasteiger partial charge in [-0.15, -0.1) is 11.8 Å². The average molecular weight is 455 g/mol. The molecule has 0 N–H and O–H groups in total. The zero-order valence-corrected chi connectivity index (χ0v) is 17.3. The van der Waals surface area contributed by atoms with E-state index in [9.17, 15) is 8.60 Å². The van der Waals surface area contributed by atoms with Crippen LogP contribution in [0.5, 0.6) is 5.75 Å². The molecular weight excluding hydrogens is 439 g/mol. The number of ether oxygens (including phenoxy) is 1. The number of furan rings is 1. The Balaban J connectivity index is 1.91. The first kappa shape index (κ1) is 19.2. The maximum Gasteiger partial charge on any atom is 0.134 e. The van der Waals surface area contributed by atoms with E-state index in [-0.39, 0.29) is 6.61 Å². The minimum atomic E-state index is -1.19. The van der Waals surface area contributed by atoms with Crippen molar-refractivity contribution in [1.29, 1.82) is 0 Å². The van der Waals surface area contributed by atoms with Gasteiger partial charge in [-0.25, -0.2) is 4.39 Å². The van der Waals surface area contributed by atoms with Crippen molar-refractivity contribution in [2.24, 2.45) is 0 Å². The second kappa shape index (κ2) is 8.41. The standard InChI is InChI=1S/C19H16BrFO3S2/c1-25-19(26(2)22)9-15-16(21)4-3-5-17(15)23-10-12-11-24-18-7-6-13(20)8-14(12)18/h3-9,11H,10H2,1-2H3/b19-9+. The van der Waals surface area contributed by atoms with E-state index >= 15 is 0 Å². The monoisotopic (exact) mass is 454 g/mol. The van der Waals surface area contributed by atoms with Crippen molar-refractivity contribution < 1.29 is 17.8 Å². The lowest BCUT2D eigenvalue weighted by Crippen LogP contribution is -1.99. The van der Waals surface area contributed by atoms with Crippen LogP contribution in [-0.2, 0) is 17.4 Å². The summed E-state index contributed by atoms with van der Waals surface area (Å²) in [6.45, 7) is 0.234. The fourth-order valence-electron chi connectivity index (χ4n) is 2.48. The smallest absolute Gasteiger partial charge is 0.134 e. The molecule has 1 heterocycles. The average Bonchev–Trinajstić information content (AvgIpc) is 3.01.